The van der Waals surface area contributed by atoms with E-state index in [-0.39, 0.29) is 41.2 Å². The molecule has 1 unspecified atom stereocenters. The Hall–Kier alpha value is -4.25. The van der Waals surface area contributed by atoms with Crippen LogP contribution in [0.3, 0.4) is 0 Å². The molecule has 12 heteroatoms. The monoisotopic (exact) mass is 751 g/mol. The van der Waals surface area contributed by atoms with Crippen LogP contribution in [0.25, 0.3) is 0 Å². The molecule has 1 aliphatic carbocycles. The van der Waals surface area contributed by atoms with Crippen LogP contribution in [0.15, 0.2) is 95.9 Å². The summed E-state index contributed by atoms with van der Waals surface area (Å²) < 4.78 is 40.8. The molecule has 4 aromatic carbocycles. The molecule has 0 radical (unpaired) electrons. The number of hydrogen-bond donors (Lipinski definition) is 1. The molecule has 1 aliphatic rings. The average Bonchev–Trinajstić information content (AvgIpc) is 3.13. The van der Waals surface area contributed by atoms with Crippen molar-refractivity contribution >= 4 is 50.7 Å². The van der Waals surface area contributed by atoms with Crippen molar-refractivity contribution in [3.05, 3.63) is 118 Å². The number of carbonyl (C=O) groups is 2. The highest BCUT2D eigenvalue weighted by Gasteiger charge is 2.36. The smallest absolute Gasteiger partial charge is 0.264 e. The Balaban J connectivity index is 1.60. The SMILES string of the molecule is COc1ccc(S(=O)(=O)N(CC(=O)N(Cc2c(Cl)cccc2Cl)C(Cc2ccccc2)C(=O)NC2CCCCC2)c2ccc(C)cc2)cc1OC. The number of methoxy groups -OCH3 is 2. The Labute approximate surface area is 310 Å². The highest BCUT2D eigenvalue weighted by atomic mass is 35.5. The van der Waals surface area contributed by atoms with Gasteiger partial charge in [0.05, 0.1) is 24.8 Å². The van der Waals surface area contributed by atoms with Gasteiger partial charge in [0, 0.05) is 40.7 Å². The summed E-state index contributed by atoms with van der Waals surface area (Å²) in [4.78, 5) is 30.5. The molecule has 270 valence electrons. The normalized spacial score (nSPS) is 14.0. The molecule has 0 heterocycles. The second-order valence-corrected chi connectivity index (χ2v) is 15.3. The number of rotatable bonds is 14. The zero-order valence-electron chi connectivity index (χ0n) is 29.0. The third kappa shape index (κ3) is 9.36. The fourth-order valence-electron chi connectivity index (χ4n) is 6.30. The third-order valence-electron chi connectivity index (χ3n) is 9.16. The van der Waals surface area contributed by atoms with Crippen molar-refractivity contribution in [1.29, 1.82) is 0 Å². The number of ether oxygens (including phenoxy) is 2. The Bertz CT molecular complexity index is 1900. The Morgan fingerprint density at radius 2 is 1.49 bits per heavy atom. The summed E-state index contributed by atoms with van der Waals surface area (Å²) in [5.74, 6) is -0.377. The minimum Gasteiger partial charge on any atom is -0.493 e. The van der Waals surface area contributed by atoms with Crippen molar-refractivity contribution in [3.8, 4) is 11.5 Å². The summed E-state index contributed by atoms with van der Waals surface area (Å²) in [7, 11) is -1.50. The van der Waals surface area contributed by atoms with Crippen LogP contribution >= 0.6 is 23.2 Å². The van der Waals surface area contributed by atoms with Crippen LogP contribution in [0.2, 0.25) is 10.0 Å². The van der Waals surface area contributed by atoms with E-state index in [0.717, 1.165) is 47.5 Å². The van der Waals surface area contributed by atoms with Gasteiger partial charge in [-0.3, -0.25) is 13.9 Å². The first-order chi connectivity index (χ1) is 24.5. The number of sulfonamides is 1. The average molecular weight is 753 g/mol. The molecule has 1 N–H and O–H groups in total. The number of carbonyl (C=O) groups excluding carboxylic acids is 2. The molecular weight excluding hydrogens is 709 g/mol. The van der Waals surface area contributed by atoms with E-state index in [0.29, 0.717) is 21.4 Å². The van der Waals surface area contributed by atoms with E-state index in [1.54, 1.807) is 42.5 Å². The van der Waals surface area contributed by atoms with Gasteiger partial charge < -0.3 is 19.7 Å². The second-order valence-electron chi connectivity index (χ2n) is 12.6. The standard InChI is InChI=1S/C39H43Cl2N3O6S/c1-27-17-19-30(20-18-27)44(51(47,48)31-21-22-36(49-2)37(24-31)50-3)26-38(45)43(25-32-33(40)15-10-16-34(32)41)35(23-28-11-6-4-7-12-28)39(46)42-29-13-8-5-9-14-29/h4,6-7,10-12,15-22,24,29,35H,5,8-9,13-14,23,25-26H2,1-3H3,(H,42,46). The van der Waals surface area contributed by atoms with Crippen LogP contribution in [-0.4, -0.2) is 58.0 Å². The van der Waals surface area contributed by atoms with Gasteiger partial charge in [-0.25, -0.2) is 8.42 Å². The van der Waals surface area contributed by atoms with E-state index >= 15 is 0 Å². The molecule has 51 heavy (non-hydrogen) atoms. The van der Waals surface area contributed by atoms with Crippen molar-refractivity contribution in [3.63, 3.8) is 0 Å². The van der Waals surface area contributed by atoms with Gasteiger partial charge in [-0.2, -0.15) is 0 Å². The molecule has 9 nitrogen and oxygen atoms in total. The summed E-state index contributed by atoms with van der Waals surface area (Å²) in [6, 6.07) is 24.5. The number of amides is 2. The van der Waals surface area contributed by atoms with E-state index in [1.807, 2.05) is 37.3 Å². The van der Waals surface area contributed by atoms with Gasteiger partial charge in [-0.15, -0.1) is 0 Å². The predicted octanol–water partition coefficient (Wildman–Crippen LogP) is 7.60. The molecule has 5 rings (SSSR count). The van der Waals surface area contributed by atoms with Crippen LogP contribution in [0, 0.1) is 6.92 Å². The van der Waals surface area contributed by atoms with Gasteiger partial charge >= 0.3 is 0 Å². The lowest BCUT2D eigenvalue weighted by molar-refractivity contribution is -0.140. The summed E-state index contributed by atoms with van der Waals surface area (Å²) >= 11 is 13.3. The van der Waals surface area contributed by atoms with Crippen LogP contribution in [0.4, 0.5) is 5.69 Å². The Morgan fingerprint density at radius 3 is 2.12 bits per heavy atom. The third-order valence-corrected chi connectivity index (χ3v) is 11.6. The van der Waals surface area contributed by atoms with Crippen molar-refractivity contribution in [2.24, 2.45) is 0 Å². The fourth-order valence-corrected chi connectivity index (χ4v) is 8.24. The molecule has 2 amide bonds. The summed E-state index contributed by atoms with van der Waals surface area (Å²) in [6.07, 6.45) is 4.99. The molecule has 0 aliphatic heterocycles. The molecule has 1 atom stereocenters. The topological polar surface area (TPSA) is 105 Å². The van der Waals surface area contributed by atoms with E-state index in [2.05, 4.69) is 5.32 Å². The van der Waals surface area contributed by atoms with Gasteiger partial charge in [-0.1, -0.05) is 96.6 Å². The molecule has 1 fully saturated rings. The number of aryl methyl sites for hydroxylation is 1. The van der Waals surface area contributed by atoms with Crippen molar-refractivity contribution in [2.45, 2.75) is 69.0 Å². The number of halogens is 2. The predicted molar refractivity (Wildman–Crippen MR) is 201 cm³/mol. The minimum atomic E-state index is -4.37. The number of hydrogen-bond acceptors (Lipinski definition) is 6. The molecule has 4 aromatic rings. The van der Waals surface area contributed by atoms with Crippen molar-refractivity contribution in [1.82, 2.24) is 10.2 Å². The van der Waals surface area contributed by atoms with Crippen molar-refractivity contribution < 1.29 is 27.5 Å². The maximum absolute atomic E-state index is 14.9. The Morgan fingerprint density at radius 1 is 0.843 bits per heavy atom. The highest BCUT2D eigenvalue weighted by Crippen LogP contribution is 2.33. The van der Waals surface area contributed by atoms with Crippen LogP contribution in [-0.2, 0) is 32.6 Å². The quantitative estimate of drug-likeness (QED) is 0.142. The molecule has 0 bridgehead atoms. The maximum Gasteiger partial charge on any atom is 0.264 e. The maximum atomic E-state index is 14.9. The lowest BCUT2D eigenvalue weighted by Crippen LogP contribution is -2.55. The van der Waals surface area contributed by atoms with Gasteiger partial charge in [-0.05, 0) is 61.7 Å². The first-order valence-electron chi connectivity index (χ1n) is 16.9. The molecule has 0 saturated heterocycles. The first-order valence-corrected chi connectivity index (χ1v) is 19.1. The zero-order valence-corrected chi connectivity index (χ0v) is 31.3. The summed E-state index contributed by atoms with van der Waals surface area (Å²) in [5.41, 5.74) is 2.46. The van der Waals surface area contributed by atoms with E-state index < -0.39 is 28.5 Å². The van der Waals surface area contributed by atoms with Crippen LogP contribution < -0.4 is 19.1 Å². The van der Waals surface area contributed by atoms with Gasteiger partial charge in [0.1, 0.15) is 12.6 Å². The van der Waals surface area contributed by atoms with Crippen LogP contribution in [0.1, 0.15) is 48.8 Å². The largest absolute Gasteiger partial charge is 0.493 e. The highest BCUT2D eigenvalue weighted by molar-refractivity contribution is 7.92. The fraction of sp³-hybridized carbons (Fsp3) is 0.333. The summed E-state index contributed by atoms with van der Waals surface area (Å²) in [5, 5.41) is 3.84. The molecule has 0 aromatic heterocycles. The van der Waals surface area contributed by atoms with Gasteiger partial charge in [0.15, 0.2) is 11.5 Å². The molecular formula is C39H43Cl2N3O6S. The van der Waals surface area contributed by atoms with Gasteiger partial charge in [0.2, 0.25) is 11.8 Å². The number of benzene rings is 4. The number of nitrogens with one attached hydrogen (secondary N) is 1. The minimum absolute atomic E-state index is 0.0279. The molecule has 0 spiro atoms. The summed E-state index contributed by atoms with van der Waals surface area (Å²) in [6.45, 7) is 1.13. The number of anilines is 1. The lowest BCUT2D eigenvalue weighted by atomic mass is 9.94. The van der Waals surface area contributed by atoms with Crippen molar-refractivity contribution in [2.75, 3.05) is 25.1 Å². The second kappa shape index (κ2) is 17.3. The van der Waals surface area contributed by atoms with Gasteiger partial charge in [0.25, 0.3) is 10.0 Å². The van der Waals surface area contributed by atoms with E-state index in [9.17, 15) is 18.0 Å². The zero-order chi connectivity index (χ0) is 36.5. The van der Waals surface area contributed by atoms with E-state index in [4.69, 9.17) is 32.7 Å². The Kier molecular flexibility index (Phi) is 12.9. The van der Waals surface area contributed by atoms with E-state index in [1.165, 1.54) is 37.3 Å². The first kappa shape index (κ1) is 38.0. The molecule has 1 saturated carbocycles. The lowest BCUT2D eigenvalue weighted by Gasteiger charge is -2.35. The number of nitrogens with zero attached hydrogens (tertiary/aromatic N) is 2. The van der Waals surface area contributed by atoms with Crippen LogP contribution in [0.5, 0.6) is 11.5 Å².